The second-order valence-electron chi connectivity index (χ2n) is 5.83. The maximum atomic E-state index is 14.1. The summed E-state index contributed by atoms with van der Waals surface area (Å²) in [4.78, 5) is 12.0. The third kappa shape index (κ3) is 3.35. The van der Waals surface area contributed by atoms with Crippen LogP contribution in [0.3, 0.4) is 0 Å². The van der Waals surface area contributed by atoms with Gasteiger partial charge in [-0.25, -0.2) is 9.82 Å². The van der Waals surface area contributed by atoms with Crippen LogP contribution in [-0.4, -0.2) is 21.8 Å². The van der Waals surface area contributed by atoms with E-state index < -0.39 is 5.91 Å². The number of nitrogens with zero attached hydrogens (tertiary/aromatic N) is 2. The third-order valence-corrected chi connectivity index (χ3v) is 4.08. The number of amides is 1. The summed E-state index contributed by atoms with van der Waals surface area (Å²) >= 11 is 0. The topological polar surface area (TPSA) is 66.6 Å². The smallest absolute Gasteiger partial charge is 0.275 e. The molecule has 1 aromatic heterocycles. The molecule has 0 spiro atoms. The van der Waals surface area contributed by atoms with Crippen molar-refractivity contribution in [1.82, 2.24) is 9.99 Å². The molecule has 0 atom stereocenters. The number of rotatable bonds is 4. The van der Waals surface area contributed by atoms with Gasteiger partial charge in [0.05, 0.1) is 17.5 Å². The van der Waals surface area contributed by atoms with E-state index in [0.717, 1.165) is 17.0 Å². The quantitative estimate of drug-likeness (QED) is 0.556. The standard InChI is InChI=1S/C20H18FN3O2/c1-13-11-15(14(2)24(13)18-9-5-4-8-17(18)21)12-22-23-20(26)16-7-3-6-10-19(16)25/h3-12,25H,1-2H3,(H,23,26)/b22-12+. The normalized spacial score (nSPS) is 11.0. The first-order valence-corrected chi connectivity index (χ1v) is 8.04. The second-order valence-corrected chi connectivity index (χ2v) is 5.83. The van der Waals surface area contributed by atoms with E-state index >= 15 is 0 Å². The lowest BCUT2D eigenvalue weighted by molar-refractivity contribution is 0.0952. The number of carbonyl (C=O) groups is 1. The van der Waals surface area contributed by atoms with Gasteiger partial charge in [-0.2, -0.15) is 5.10 Å². The summed E-state index contributed by atoms with van der Waals surface area (Å²) in [6, 6.07) is 14.6. The number of hydrazone groups is 1. The molecule has 1 amide bonds. The van der Waals surface area contributed by atoms with E-state index in [1.54, 1.807) is 34.9 Å². The van der Waals surface area contributed by atoms with Crippen LogP contribution in [0.4, 0.5) is 4.39 Å². The Hall–Kier alpha value is -3.41. The summed E-state index contributed by atoms with van der Waals surface area (Å²) in [7, 11) is 0. The fraction of sp³-hybridized carbons (Fsp3) is 0.100. The van der Waals surface area contributed by atoms with Crippen molar-refractivity contribution in [2.75, 3.05) is 0 Å². The number of aromatic hydroxyl groups is 1. The molecule has 3 rings (SSSR count). The van der Waals surface area contributed by atoms with Crippen LogP contribution in [-0.2, 0) is 0 Å². The molecule has 1 heterocycles. The van der Waals surface area contributed by atoms with Gasteiger partial charge < -0.3 is 9.67 Å². The Labute approximate surface area is 150 Å². The fourth-order valence-electron chi connectivity index (χ4n) is 2.81. The van der Waals surface area contributed by atoms with E-state index in [1.807, 2.05) is 19.9 Å². The van der Waals surface area contributed by atoms with Crippen molar-refractivity contribution < 1.29 is 14.3 Å². The van der Waals surface area contributed by atoms with Crippen molar-refractivity contribution in [3.8, 4) is 11.4 Å². The highest BCUT2D eigenvalue weighted by Crippen LogP contribution is 2.22. The van der Waals surface area contributed by atoms with Gasteiger partial charge in [-0.15, -0.1) is 0 Å². The first-order chi connectivity index (χ1) is 12.5. The van der Waals surface area contributed by atoms with Crippen molar-refractivity contribution in [2.24, 2.45) is 5.10 Å². The maximum absolute atomic E-state index is 14.1. The molecule has 0 aliphatic rings. The van der Waals surface area contributed by atoms with Crippen LogP contribution in [0.15, 0.2) is 59.7 Å². The van der Waals surface area contributed by atoms with Gasteiger partial charge in [0.2, 0.25) is 0 Å². The Morgan fingerprint density at radius 1 is 1.15 bits per heavy atom. The van der Waals surface area contributed by atoms with Gasteiger partial charge in [0, 0.05) is 17.0 Å². The lowest BCUT2D eigenvalue weighted by atomic mass is 10.2. The van der Waals surface area contributed by atoms with Crippen LogP contribution in [0, 0.1) is 19.7 Å². The van der Waals surface area contributed by atoms with E-state index in [-0.39, 0.29) is 17.1 Å². The number of para-hydroxylation sites is 2. The predicted molar refractivity (Wildman–Crippen MR) is 98.4 cm³/mol. The first-order valence-electron chi connectivity index (χ1n) is 8.04. The van der Waals surface area contributed by atoms with E-state index in [0.29, 0.717) is 5.69 Å². The number of aromatic nitrogens is 1. The number of carbonyl (C=O) groups excluding carboxylic acids is 1. The molecule has 0 aliphatic heterocycles. The first kappa shape index (κ1) is 17.4. The molecule has 0 aliphatic carbocycles. The lowest BCUT2D eigenvalue weighted by Crippen LogP contribution is -2.17. The molecule has 5 nitrogen and oxygen atoms in total. The Morgan fingerprint density at radius 2 is 1.85 bits per heavy atom. The molecule has 0 unspecified atom stereocenters. The van der Waals surface area contributed by atoms with Crippen LogP contribution >= 0.6 is 0 Å². The van der Waals surface area contributed by atoms with E-state index in [1.165, 1.54) is 24.4 Å². The molecule has 6 heteroatoms. The van der Waals surface area contributed by atoms with E-state index in [9.17, 15) is 14.3 Å². The summed E-state index contributed by atoms with van der Waals surface area (Å²) in [5.74, 6) is -0.939. The highest BCUT2D eigenvalue weighted by Gasteiger charge is 2.13. The summed E-state index contributed by atoms with van der Waals surface area (Å²) in [5.41, 5.74) is 5.38. The zero-order valence-corrected chi connectivity index (χ0v) is 14.4. The Morgan fingerprint density at radius 3 is 2.58 bits per heavy atom. The highest BCUT2D eigenvalue weighted by atomic mass is 19.1. The van der Waals surface area contributed by atoms with Gasteiger partial charge >= 0.3 is 0 Å². The van der Waals surface area contributed by atoms with Crippen LogP contribution < -0.4 is 5.43 Å². The number of hydrogen-bond acceptors (Lipinski definition) is 3. The molecule has 0 saturated heterocycles. The zero-order valence-electron chi connectivity index (χ0n) is 14.4. The Balaban J connectivity index is 1.82. The molecule has 0 fully saturated rings. The van der Waals surface area contributed by atoms with Crippen molar-refractivity contribution >= 4 is 12.1 Å². The average Bonchev–Trinajstić information content (AvgIpc) is 2.90. The molecule has 26 heavy (non-hydrogen) atoms. The molecule has 2 aromatic carbocycles. The molecule has 0 radical (unpaired) electrons. The van der Waals surface area contributed by atoms with Gasteiger partial charge in [-0.1, -0.05) is 24.3 Å². The third-order valence-electron chi connectivity index (χ3n) is 4.08. The van der Waals surface area contributed by atoms with Crippen LogP contribution in [0.1, 0.15) is 27.3 Å². The molecular formula is C20H18FN3O2. The number of benzene rings is 2. The zero-order chi connectivity index (χ0) is 18.7. The second kappa shape index (κ2) is 7.23. The van der Waals surface area contributed by atoms with Gasteiger partial charge in [0.25, 0.3) is 5.91 Å². The van der Waals surface area contributed by atoms with E-state index in [2.05, 4.69) is 10.5 Å². The van der Waals surface area contributed by atoms with Gasteiger partial charge in [0.15, 0.2) is 0 Å². The van der Waals surface area contributed by atoms with Crippen molar-refractivity contribution in [3.05, 3.63) is 82.9 Å². The van der Waals surface area contributed by atoms with Crippen LogP contribution in [0.25, 0.3) is 5.69 Å². The molecule has 0 bridgehead atoms. The predicted octanol–water partition coefficient (Wildman–Crippen LogP) is 3.70. The SMILES string of the molecule is Cc1cc(/C=N/NC(=O)c2ccccc2O)c(C)n1-c1ccccc1F. The van der Waals surface area contributed by atoms with Gasteiger partial charge in [-0.3, -0.25) is 4.79 Å². The lowest BCUT2D eigenvalue weighted by Gasteiger charge is -2.10. The van der Waals surface area contributed by atoms with Gasteiger partial charge in [0.1, 0.15) is 11.6 Å². The maximum Gasteiger partial charge on any atom is 0.275 e. The molecular weight excluding hydrogens is 333 g/mol. The summed E-state index contributed by atoms with van der Waals surface area (Å²) < 4.78 is 15.9. The Kier molecular flexibility index (Phi) is 4.84. The number of phenols is 1. The number of nitrogens with one attached hydrogen (secondary N) is 1. The number of phenolic OH excluding ortho intramolecular Hbond substituents is 1. The monoisotopic (exact) mass is 351 g/mol. The number of halogens is 1. The molecule has 2 N–H and O–H groups in total. The minimum Gasteiger partial charge on any atom is -0.507 e. The molecule has 132 valence electrons. The minimum atomic E-state index is -0.512. The van der Waals surface area contributed by atoms with Crippen molar-refractivity contribution in [1.29, 1.82) is 0 Å². The van der Waals surface area contributed by atoms with E-state index in [4.69, 9.17) is 0 Å². The Bertz CT molecular complexity index is 992. The molecule has 0 saturated carbocycles. The summed E-state index contributed by atoms with van der Waals surface area (Å²) in [5, 5.41) is 13.6. The number of aryl methyl sites for hydroxylation is 1. The molecule has 3 aromatic rings. The fourth-order valence-corrected chi connectivity index (χ4v) is 2.81. The van der Waals surface area contributed by atoms with Crippen molar-refractivity contribution in [2.45, 2.75) is 13.8 Å². The van der Waals surface area contributed by atoms with Crippen molar-refractivity contribution in [3.63, 3.8) is 0 Å². The average molecular weight is 351 g/mol. The largest absolute Gasteiger partial charge is 0.507 e. The minimum absolute atomic E-state index is 0.113. The van der Waals surface area contributed by atoms with Gasteiger partial charge in [-0.05, 0) is 44.2 Å². The van der Waals surface area contributed by atoms with Crippen LogP contribution in [0.2, 0.25) is 0 Å². The summed E-state index contributed by atoms with van der Waals surface area (Å²) in [6.45, 7) is 3.73. The highest BCUT2D eigenvalue weighted by molar-refractivity contribution is 5.97. The summed E-state index contributed by atoms with van der Waals surface area (Å²) in [6.07, 6.45) is 1.50. The number of hydrogen-bond donors (Lipinski definition) is 2. The van der Waals surface area contributed by atoms with Crippen LogP contribution in [0.5, 0.6) is 5.75 Å².